The van der Waals surface area contributed by atoms with Crippen LogP contribution in [-0.4, -0.2) is 35.4 Å². The normalized spacial score (nSPS) is 17.9. The summed E-state index contributed by atoms with van der Waals surface area (Å²) in [4.78, 5) is 12.5. The molecule has 2 aromatic carbocycles. The summed E-state index contributed by atoms with van der Waals surface area (Å²) in [5.41, 5.74) is 1.34. The number of aromatic nitrogens is 2. The van der Waals surface area contributed by atoms with Crippen molar-refractivity contribution in [3.63, 3.8) is 0 Å². The third-order valence-electron chi connectivity index (χ3n) is 5.74. The number of carbonyl (C=O) groups is 1. The van der Waals surface area contributed by atoms with E-state index in [4.69, 9.17) is 9.15 Å². The Balaban J connectivity index is 1.33. The van der Waals surface area contributed by atoms with Crippen molar-refractivity contribution in [1.82, 2.24) is 10.2 Å². The zero-order chi connectivity index (χ0) is 24.8. The molecule has 1 aromatic heterocycles. The molecule has 0 radical (unpaired) electrons. The van der Waals surface area contributed by atoms with Gasteiger partial charge in [-0.25, -0.2) is 4.39 Å². The Labute approximate surface area is 199 Å². The van der Waals surface area contributed by atoms with Gasteiger partial charge in [-0.3, -0.25) is 4.79 Å². The van der Waals surface area contributed by atoms with Crippen LogP contribution in [0.4, 0.5) is 30.6 Å². The number of anilines is 3. The van der Waals surface area contributed by atoms with E-state index in [0.717, 1.165) is 31.2 Å². The number of amides is 1. The van der Waals surface area contributed by atoms with E-state index in [0.29, 0.717) is 12.3 Å². The number of hydrogen-bond donors (Lipinski definition) is 2. The lowest BCUT2D eigenvalue weighted by Crippen LogP contribution is -2.21. The first-order valence-corrected chi connectivity index (χ1v) is 11.3. The molecule has 2 N–H and O–H groups in total. The molecule has 0 spiro atoms. The van der Waals surface area contributed by atoms with Crippen molar-refractivity contribution in [2.45, 2.75) is 51.2 Å². The predicted octanol–water partition coefficient (Wildman–Crippen LogP) is 5.87. The summed E-state index contributed by atoms with van der Waals surface area (Å²) in [6.45, 7) is -0.246. The Morgan fingerprint density at radius 3 is 2.51 bits per heavy atom. The average molecular weight is 490 g/mol. The van der Waals surface area contributed by atoms with Crippen LogP contribution in [-0.2, 0) is 4.74 Å². The number of nitrogens with zero attached hydrogens (tertiary/aromatic N) is 2. The van der Waals surface area contributed by atoms with Crippen molar-refractivity contribution in [1.29, 1.82) is 0 Å². The molecule has 1 aliphatic carbocycles. The first kappa shape index (κ1) is 24.5. The summed E-state index contributed by atoms with van der Waals surface area (Å²) < 4.78 is 54.4. The SMILES string of the molecule is CCOC1CCC(c2ccc(NC(=O)c3nnc(Nc4ccc(OC(F)F)cc4)o3)c(F)c2)CC1. The number of benzene rings is 2. The lowest BCUT2D eigenvalue weighted by molar-refractivity contribution is -0.0498. The molecular weight excluding hydrogens is 465 g/mol. The van der Waals surface area contributed by atoms with Crippen LogP contribution in [0.25, 0.3) is 0 Å². The predicted molar refractivity (Wildman–Crippen MR) is 122 cm³/mol. The summed E-state index contributed by atoms with van der Waals surface area (Å²) in [7, 11) is 0. The number of alkyl halides is 2. The monoisotopic (exact) mass is 490 g/mol. The van der Waals surface area contributed by atoms with Gasteiger partial charge in [-0.15, -0.1) is 5.10 Å². The lowest BCUT2D eigenvalue weighted by atomic mass is 9.82. The van der Waals surface area contributed by atoms with Gasteiger partial charge in [0, 0.05) is 12.3 Å². The number of hydrogen-bond acceptors (Lipinski definition) is 7. The van der Waals surface area contributed by atoms with E-state index in [-0.39, 0.29) is 35.4 Å². The molecule has 1 amide bonds. The van der Waals surface area contributed by atoms with Crippen LogP contribution in [0.2, 0.25) is 0 Å². The molecule has 1 heterocycles. The molecule has 8 nitrogen and oxygen atoms in total. The largest absolute Gasteiger partial charge is 0.435 e. The Hall–Kier alpha value is -3.60. The Kier molecular flexibility index (Phi) is 7.86. The number of halogens is 3. The Bertz CT molecular complexity index is 1130. The molecule has 4 rings (SSSR count). The molecule has 186 valence electrons. The van der Waals surface area contributed by atoms with Crippen LogP contribution < -0.4 is 15.4 Å². The minimum absolute atomic E-state index is 0.00378. The van der Waals surface area contributed by atoms with Gasteiger partial charge in [0.15, 0.2) is 0 Å². The molecule has 1 fully saturated rings. The molecule has 0 saturated heterocycles. The molecule has 35 heavy (non-hydrogen) atoms. The first-order valence-electron chi connectivity index (χ1n) is 11.3. The highest BCUT2D eigenvalue weighted by Gasteiger charge is 2.24. The van der Waals surface area contributed by atoms with Gasteiger partial charge in [0.25, 0.3) is 0 Å². The molecule has 0 atom stereocenters. The van der Waals surface area contributed by atoms with Crippen LogP contribution in [0.1, 0.15) is 54.8 Å². The van der Waals surface area contributed by atoms with E-state index in [1.807, 2.05) is 13.0 Å². The number of ether oxygens (including phenoxy) is 2. The molecule has 1 aliphatic rings. The molecular formula is C24H25F3N4O4. The van der Waals surface area contributed by atoms with E-state index in [2.05, 4.69) is 25.6 Å². The highest BCUT2D eigenvalue weighted by atomic mass is 19.3. The van der Waals surface area contributed by atoms with Crippen molar-refractivity contribution in [2.75, 3.05) is 17.2 Å². The number of nitrogens with one attached hydrogen (secondary N) is 2. The van der Waals surface area contributed by atoms with Crippen molar-refractivity contribution >= 4 is 23.3 Å². The third-order valence-corrected chi connectivity index (χ3v) is 5.74. The van der Waals surface area contributed by atoms with Gasteiger partial charge in [0.05, 0.1) is 11.8 Å². The van der Waals surface area contributed by atoms with Crippen molar-refractivity contribution in [2.24, 2.45) is 0 Å². The van der Waals surface area contributed by atoms with Gasteiger partial charge in [-0.1, -0.05) is 11.2 Å². The van der Waals surface area contributed by atoms with Crippen LogP contribution >= 0.6 is 0 Å². The second kappa shape index (κ2) is 11.2. The van der Waals surface area contributed by atoms with E-state index in [9.17, 15) is 18.0 Å². The zero-order valence-corrected chi connectivity index (χ0v) is 19.0. The second-order valence-electron chi connectivity index (χ2n) is 8.06. The molecule has 0 unspecified atom stereocenters. The Morgan fingerprint density at radius 1 is 1.11 bits per heavy atom. The summed E-state index contributed by atoms with van der Waals surface area (Å²) in [6.07, 6.45) is 4.01. The molecule has 1 saturated carbocycles. The number of rotatable bonds is 9. The van der Waals surface area contributed by atoms with Gasteiger partial charge in [0.2, 0.25) is 0 Å². The summed E-state index contributed by atoms with van der Waals surface area (Å²) >= 11 is 0. The summed E-state index contributed by atoms with van der Waals surface area (Å²) in [5, 5.41) is 12.6. The number of carbonyl (C=O) groups excluding carboxylic acids is 1. The van der Waals surface area contributed by atoms with Crippen LogP contribution in [0.5, 0.6) is 5.75 Å². The van der Waals surface area contributed by atoms with Gasteiger partial charge in [-0.05, 0) is 80.5 Å². The highest BCUT2D eigenvalue weighted by molar-refractivity contribution is 6.01. The second-order valence-corrected chi connectivity index (χ2v) is 8.06. The first-order chi connectivity index (χ1) is 16.9. The van der Waals surface area contributed by atoms with E-state index < -0.39 is 18.3 Å². The van der Waals surface area contributed by atoms with Gasteiger partial charge < -0.3 is 24.5 Å². The van der Waals surface area contributed by atoms with Crippen molar-refractivity contribution in [3.05, 3.63) is 59.7 Å². The van der Waals surface area contributed by atoms with Crippen LogP contribution in [0.3, 0.4) is 0 Å². The maximum atomic E-state index is 14.7. The summed E-state index contributed by atoms with van der Waals surface area (Å²) in [6, 6.07) is 10.3. The van der Waals surface area contributed by atoms with E-state index >= 15 is 0 Å². The highest BCUT2D eigenvalue weighted by Crippen LogP contribution is 2.35. The molecule has 3 aromatic rings. The standard InChI is InChI=1S/C24H25F3N4O4/c1-2-33-17-8-3-14(4-9-17)15-5-12-20(19(25)13-15)29-21(32)22-30-31-24(35-22)28-16-6-10-18(11-7-16)34-23(26)27/h5-7,10-14,17,23H,2-4,8-9H2,1H3,(H,28,31)(H,29,32). The third kappa shape index (κ3) is 6.50. The van der Waals surface area contributed by atoms with Crippen molar-refractivity contribution in [3.8, 4) is 5.75 Å². The molecule has 0 aliphatic heterocycles. The maximum absolute atomic E-state index is 14.7. The van der Waals surface area contributed by atoms with Crippen molar-refractivity contribution < 1.29 is 31.9 Å². The lowest BCUT2D eigenvalue weighted by Gasteiger charge is -2.28. The topological polar surface area (TPSA) is 98.5 Å². The van der Waals surface area contributed by atoms with E-state index in [1.165, 1.54) is 36.4 Å². The molecule has 0 bridgehead atoms. The average Bonchev–Trinajstić information content (AvgIpc) is 3.31. The quantitative estimate of drug-likeness (QED) is 0.387. The minimum Gasteiger partial charge on any atom is -0.435 e. The molecule has 11 heteroatoms. The maximum Gasteiger partial charge on any atom is 0.387 e. The zero-order valence-electron chi connectivity index (χ0n) is 19.0. The smallest absolute Gasteiger partial charge is 0.387 e. The fourth-order valence-corrected chi connectivity index (χ4v) is 4.07. The summed E-state index contributed by atoms with van der Waals surface area (Å²) in [5.74, 6) is -1.45. The van der Waals surface area contributed by atoms with Gasteiger partial charge >= 0.3 is 24.4 Å². The minimum atomic E-state index is -2.92. The fourth-order valence-electron chi connectivity index (χ4n) is 4.07. The van der Waals surface area contributed by atoms with Crippen LogP contribution in [0.15, 0.2) is 46.9 Å². The Morgan fingerprint density at radius 2 is 1.86 bits per heavy atom. The van der Waals surface area contributed by atoms with E-state index in [1.54, 1.807) is 0 Å². The fraction of sp³-hybridized carbons (Fsp3) is 0.375. The van der Waals surface area contributed by atoms with Gasteiger partial charge in [0.1, 0.15) is 11.6 Å². The van der Waals surface area contributed by atoms with Crippen LogP contribution in [0, 0.1) is 5.82 Å². The van der Waals surface area contributed by atoms with Gasteiger partial charge in [-0.2, -0.15) is 8.78 Å².